The minimum absolute atomic E-state index is 0.0371. The minimum atomic E-state index is -0.573. The van der Waals surface area contributed by atoms with Gasteiger partial charge < -0.3 is 24.2 Å². The molecule has 0 radical (unpaired) electrons. The fourth-order valence-electron chi connectivity index (χ4n) is 2.82. The molecule has 1 aliphatic rings. The summed E-state index contributed by atoms with van der Waals surface area (Å²) in [6.07, 6.45) is 2.46. The molecular weight excluding hydrogens is 296 g/mol. The number of carbonyl (C=O) groups excluding carboxylic acids is 2. The number of fused-ring (bicyclic) bond motifs is 1. The maximum absolute atomic E-state index is 12.4. The summed E-state index contributed by atoms with van der Waals surface area (Å²) >= 11 is 0. The van der Waals surface area contributed by atoms with Crippen molar-refractivity contribution in [2.75, 3.05) is 26.3 Å². The van der Waals surface area contributed by atoms with Crippen molar-refractivity contribution in [1.29, 1.82) is 0 Å². The molecule has 0 aliphatic carbocycles. The highest BCUT2D eigenvalue weighted by atomic mass is 16.5. The normalized spacial score (nSPS) is 16.3. The number of aromatic amines is 1. The monoisotopic (exact) mass is 316 g/mol. The van der Waals surface area contributed by atoms with Gasteiger partial charge in [-0.2, -0.15) is 0 Å². The average Bonchev–Trinajstić information content (AvgIpc) is 2.99. The fraction of sp³-hybridized carbons (Fsp3) is 0.412. The van der Waals surface area contributed by atoms with Gasteiger partial charge in [-0.15, -0.1) is 0 Å². The van der Waals surface area contributed by atoms with E-state index in [2.05, 4.69) is 4.98 Å². The van der Waals surface area contributed by atoms with Gasteiger partial charge in [0, 0.05) is 31.1 Å². The van der Waals surface area contributed by atoms with Crippen LogP contribution in [0.5, 0.6) is 5.75 Å². The predicted molar refractivity (Wildman–Crippen MR) is 85.6 cm³/mol. The molecule has 1 fully saturated rings. The molecule has 0 spiro atoms. The first kappa shape index (κ1) is 15.6. The van der Waals surface area contributed by atoms with Crippen LogP contribution in [0.1, 0.15) is 12.5 Å². The summed E-state index contributed by atoms with van der Waals surface area (Å²) in [5.74, 6) is 0.582. The Labute approximate surface area is 134 Å². The quantitative estimate of drug-likeness (QED) is 0.849. The van der Waals surface area contributed by atoms with Gasteiger partial charge in [0.15, 0.2) is 6.10 Å². The Morgan fingerprint density at radius 1 is 1.43 bits per heavy atom. The summed E-state index contributed by atoms with van der Waals surface area (Å²) < 4.78 is 11.1. The molecule has 1 aromatic heterocycles. The maximum atomic E-state index is 12.4. The van der Waals surface area contributed by atoms with Crippen molar-refractivity contribution in [2.45, 2.75) is 19.4 Å². The van der Waals surface area contributed by atoms with Crippen LogP contribution in [0.3, 0.4) is 0 Å². The second-order valence-corrected chi connectivity index (χ2v) is 5.56. The number of aromatic nitrogens is 1. The van der Waals surface area contributed by atoms with E-state index in [-0.39, 0.29) is 5.91 Å². The second kappa shape index (κ2) is 6.83. The lowest BCUT2D eigenvalue weighted by atomic mass is 10.1. The number of para-hydroxylation sites is 1. The van der Waals surface area contributed by atoms with E-state index in [1.165, 1.54) is 0 Å². The Hall–Kier alpha value is -2.34. The van der Waals surface area contributed by atoms with E-state index in [0.717, 1.165) is 22.8 Å². The van der Waals surface area contributed by atoms with Gasteiger partial charge in [-0.3, -0.25) is 4.79 Å². The number of nitrogens with one attached hydrogen (secondary N) is 1. The Morgan fingerprint density at radius 3 is 2.96 bits per heavy atom. The Kier molecular flexibility index (Phi) is 4.62. The lowest BCUT2D eigenvalue weighted by molar-refractivity contribution is -0.142. The number of nitrogens with zero attached hydrogens (tertiary/aromatic N) is 1. The molecule has 1 aromatic carbocycles. The van der Waals surface area contributed by atoms with Crippen LogP contribution >= 0.6 is 0 Å². The topological polar surface area (TPSA) is 71.6 Å². The zero-order chi connectivity index (χ0) is 16.2. The second-order valence-electron chi connectivity index (χ2n) is 5.56. The van der Waals surface area contributed by atoms with E-state index in [1.54, 1.807) is 18.0 Å². The molecule has 6 nitrogen and oxygen atoms in total. The van der Waals surface area contributed by atoms with Crippen LogP contribution in [0.15, 0.2) is 24.4 Å². The molecule has 2 heterocycles. The summed E-state index contributed by atoms with van der Waals surface area (Å²) in [5.41, 5.74) is 1.73. The van der Waals surface area contributed by atoms with Gasteiger partial charge in [-0.1, -0.05) is 12.1 Å². The number of aldehydes is 1. The van der Waals surface area contributed by atoms with Gasteiger partial charge in [0.1, 0.15) is 12.0 Å². The first-order valence-electron chi connectivity index (χ1n) is 7.76. The SMILES string of the molecule is C[C@@H](Oc1cccc2c(CC=O)c[nH]c12)C(=O)N1CCOCC1. The molecule has 0 unspecified atom stereocenters. The number of hydrogen-bond donors (Lipinski definition) is 1. The molecule has 2 aromatic rings. The van der Waals surface area contributed by atoms with Gasteiger partial charge in [0.05, 0.1) is 18.7 Å². The number of ether oxygens (including phenoxy) is 2. The Morgan fingerprint density at radius 2 is 2.22 bits per heavy atom. The summed E-state index contributed by atoms with van der Waals surface area (Å²) in [5, 5.41) is 0.945. The first-order chi connectivity index (χ1) is 11.2. The largest absolute Gasteiger partial charge is 0.479 e. The van der Waals surface area contributed by atoms with Crippen molar-refractivity contribution in [1.82, 2.24) is 9.88 Å². The van der Waals surface area contributed by atoms with Crippen LogP contribution in [0, 0.1) is 0 Å². The Balaban J connectivity index is 1.77. The number of amides is 1. The number of morpholine rings is 1. The highest BCUT2D eigenvalue weighted by Crippen LogP contribution is 2.28. The summed E-state index contributed by atoms with van der Waals surface area (Å²) in [6, 6.07) is 5.63. The molecule has 3 rings (SSSR count). The van der Waals surface area contributed by atoms with Crippen molar-refractivity contribution in [3.63, 3.8) is 0 Å². The van der Waals surface area contributed by atoms with Crippen LogP contribution in [0.4, 0.5) is 0 Å². The molecule has 6 heteroatoms. The first-order valence-corrected chi connectivity index (χ1v) is 7.76. The molecule has 0 saturated carbocycles. The molecule has 1 N–H and O–H groups in total. The average molecular weight is 316 g/mol. The maximum Gasteiger partial charge on any atom is 0.263 e. The third kappa shape index (κ3) is 3.22. The van der Waals surface area contributed by atoms with Crippen molar-refractivity contribution >= 4 is 23.1 Å². The highest BCUT2D eigenvalue weighted by molar-refractivity contribution is 5.90. The van der Waals surface area contributed by atoms with E-state index in [0.29, 0.717) is 38.5 Å². The van der Waals surface area contributed by atoms with E-state index in [4.69, 9.17) is 9.47 Å². The van der Waals surface area contributed by atoms with Crippen molar-refractivity contribution in [3.8, 4) is 5.75 Å². The molecule has 1 atom stereocenters. The fourth-order valence-corrected chi connectivity index (χ4v) is 2.82. The lowest BCUT2D eigenvalue weighted by Crippen LogP contribution is -2.46. The van der Waals surface area contributed by atoms with Crippen molar-refractivity contribution in [2.24, 2.45) is 0 Å². The smallest absolute Gasteiger partial charge is 0.263 e. The summed E-state index contributed by atoms with van der Waals surface area (Å²) in [6.45, 7) is 4.09. The van der Waals surface area contributed by atoms with Crippen LogP contribution in [0.25, 0.3) is 10.9 Å². The summed E-state index contributed by atoms with van der Waals surface area (Å²) in [4.78, 5) is 28.1. The molecule has 0 bridgehead atoms. The zero-order valence-electron chi connectivity index (χ0n) is 13.1. The van der Waals surface area contributed by atoms with E-state index >= 15 is 0 Å². The molecule has 23 heavy (non-hydrogen) atoms. The third-order valence-corrected chi connectivity index (χ3v) is 4.04. The van der Waals surface area contributed by atoms with Crippen LogP contribution < -0.4 is 4.74 Å². The van der Waals surface area contributed by atoms with Crippen LogP contribution in [0.2, 0.25) is 0 Å². The van der Waals surface area contributed by atoms with E-state index < -0.39 is 6.10 Å². The Bertz CT molecular complexity index is 704. The van der Waals surface area contributed by atoms with Gasteiger partial charge in [-0.05, 0) is 18.6 Å². The molecular formula is C17H20N2O4. The van der Waals surface area contributed by atoms with Gasteiger partial charge in [0.25, 0.3) is 5.91 Å². The standard InChI is InChI=1S/C17H20N2O4/c1-12(17(21)19-6-9-22-10-7-19)23-15-4-2-3-14-13(5-8-20)11-18-16(14)15/h2-4,8,11-12,18H,5-7,9-10H2,1H3/t12-/m1/s1. The van der Waals surface area contributed by atoms with Gasteiger partial charge >= 0.3 is 0 Å². The van der Waals surface area contributed by atoms with E-state index in [1.807, 2.05) is 18.2 Å². The number of benzene rings is 1. The van der Waals surface area contributed by atoms with Gasteiger partial charge in [-0.25, -0.2) is 0 Å². The lowest BCUT2D eigenvalue weighted by Gasteiger charge is -2.29. The minimum Gasteiger partial charge on any atom is -0.479 e. The number of carbonyl (C=O) groups is 2. The van der Waals surface area contributed by atoms with Crippen molar-refractivity contribution in [3.05, 3.63) is 30.0 Å². The molecule has 122 valence electrons. The molecule has 1 saturated heterocycles. The van der Waals surface area contributed by atoms with Crippen molar-refractivity contribution < 1.29 is 19.1 Å². The predicted octanol–water partition coefficient (Wildman–Crippen LogP) is 1.54. The molecule has 1 aliphatic heterocycles. The highest BCUT2D eigenvalue weighted by Gasteiger charge is 2.24. The number of H-pyrrole nitrogens is 1. The number of hydrogen-bond acceptors (Lipinski definition) is 4. The summed E-state index contributed by atoms with van der Waals surface area (Å²) in [7, 11) is 0. The molecule has 1 amide bonds. The van der Waals surface area contributed by atoms with Gasteiger partial charge in [0.2, 0.25) is 0 Å². The van der Waals surface area contributed by atoms with Crippen LogP contribution in [-0.4, -0.2) is 54.5 Å². The van der Waals surface area contributed by atoms with E-state index in [9.17, 15) is 9.59 Å². The third-order valence-electron chi connectivity index (χ3n) is 4.04. The van der Waals surface area contributed by atoms with Crippen LogP contribution in [-0.2, 0) is 20.7 Å². The number of rotatable bonds is 5. The zero-order valence-corrected chi connectivity index (χ0v) is 13.1.